The molecule has 1 aromatic carbocycles. The van der Waals surface area contributed by atoms with E-state index in [0.717, 1.165) is 41.6 Å². The molecule has 0 bridgehead atoms. The fourth-order valence-electron chi connectivity index (χ4n) is 4.69. The van der Waals surface area contributed by atoms with E-state index in [0.29, 0.717) is 17.8 Å². The zero-order valence-corrected chi connectivity index (χ0v) is 18.3. The van der Waals surface area contributed by atoms with Crippen molar-refractivity contribution in [3.05, 3.63) is 63.6 Å². The van der Waals surface area contributed by atoms with Crippen molar-refractivity contribution in [3.8, 4) is 0 Å². The summed E-state index contributed by atoms with van der Waals surface area (Å²) >= 11 is 0. The molecule has 1 N–H and O–H groups in total. The number of aryl methyl sites for hydroxylation is 2. The molecule has 0 spiro atoms. The summed E-state index contributed by atoms with van der Waals surface area (Å²) in [5.74, 6) is 0.00548. The smallest absolute Gasteiger partial charge is 0.276 e. The van der Waals surface area contributed by atoms with E-state index in [1.54, 1.807) is 18.3 Å². The van der Waals surface area contributed by atoms with Gasteiger partial charge in [-0.1, -0.05) is 31.9 Å². The van der Waals surface area contributed by atoms with Crippen LogP contribution >= 0.6 is 0 Å². The molecule has 6 nitrogen and oxygen atoms in total. The van der Waals surface area contributed by atoms with Crippen LogP contribution in [0.5, 0.6) is 0 Å². The van der Waals surface area contributed by atoms with Crippen molar-refractivity contribution in [1.29, 1.82) is 0 Å². The number of carbonyl (C=O) groups is 1. The van der Waals surface area contributed by atoms with E-state index < -0.39 is 0 Å². The van der Waals surface area contributed by atoms with Crippen molar-refractivity contribution < 1.29 is 9.18 Å². The van der Waals surface area contributed by atoms with Gasteiger partial charge in [-0.15, -0.1) is 0 Å². The molecule has 0 radical (unpaired) electrons. The van der Waals surface area contributed by atoms with Crippen LogP contribution in [0.15, 0.2) is 35.3 Å². The van der Waals surface area contributed by atoms with Crippen LogP contribution in [0.2, 0.25) is 0 Å². The maximum Gasteiger partial charge on any atom is 0.276 e. The topological polar surface area (TPSA) is 68.9 Å². The fourth-order valence-corrected chi connectivity index (χ4v) is 4.69. The average molecular weight is 425 g/mol. The van der Waals surface area contributed by atoms with Crippen molar-refractivity contribution in [2.24, 2.45) is 5.92 Å². The van der Waals surface area contributed by atoms with Gasteiger partial charge in [0.05, 0.1) is 11.6 Å². The second kappa shape index (κ2) is 8.65. The Labute approximate surface area is 181 Å². The zero-order chi connectivity index (χ0) is 22.1. The number of hydrogen-bond acceptors (Lipinski definition) is 3. The summed E-state index contributed by atoms with van der Waals surface area (Å²) in [6.45, 7) is 6.46. The number of carbonyl (C=O) groups excluding carboxylic acids is 1. The van der Waals surface area contributed by atoms with E-state index in [1.165, 1.54) is 23.2 Å². The Morgan fingerprint density at radius 2 is 1.87 bits per heavy atom. The number of amides is 1. The third kappa shape index (κ3) is 4.27. The molecule has 1 fully saturated rings. The number of nitrogens with one attached hydrogen (secondary N) is 1. The largest absolute Gasteiger partial charge is 0.351 e. The molecule has 2 aromatic heterocycles. The van der Waals surface area contributed by atoms with Crippen molar-refractivity contribution in [2.75, 3.05) is 0 Å². The summed E-state index contributed by atoms with van der Waals surface area (Å²) < 4.78 is 16.5. The first kappa shape index (κ1) is 21.3. The summed E-state index contributed by atoms with van der Waals surface area (Å²) in [5.41, 5.74) is 2.43. The highest BCUT2D eigenvalue weighted by Gasteiger charge is 2.23. The monoisotopic (exact) mass is 424 g/mol. The molecule has 2 heterocycles. The van der Waals surface area contributed by atoms with E-state index in [9.17, 15) is 14.0 Å². The van der Waals surface area contributed by atoms with Crippen LogP contribution in [-0.4, -0.2) is 26.3 Å². The lowest BCUT2D eigenvalue weighted by Crippen LogP contribution is -2.43. The molecule has 0 saturated heterocycles. The molecule has 1 aliphatic rings. The summed E-state index contributed by atoms with van der Waals surface area (Å²) in [7, 11) is 0. The Morgan fingerprint density at radius 1 is 1.16 bits per heavy atom. The van der Waals surface area contributed by atoms with Crippen LogP contribution in [0, 0.1) is 25.6 Å². The molecule has 1 aliphatic carbocycles. The van der Waals surface area contributed by atoms with E-state index >= 15 is 0 Å². The number of nitrogens with zero attached hydrogens (tertiary/aromatic N) is 3. The molecule has 1 saturated carbocycles. The standard InChI is InChI=1S/C24H29FN4O2/c1-15-6-4-5-7-21(15)27-22(30)14-29-24(31)23-17(3)28(16(2)20(23)12-26-29)13-18-8-10-19(25)11-9-18/h8-12,15,21H,4-7,13-14H2,1-3H3,(H,27,30)/t15-,21+/m0/s1. The predicted molar refractivity (Wildman–Crippen MR) is 119 cm³/mol. The van der Waals surface area contributed by atoms with Gasteiger partial charge in [-0.2, -0.15) is 5.10 Å². The fraction of sp³-hybridized carbons (Fsp3) is 0.458. The van der Waals surface area contributed by atoms with Crippen LogP contribution in [0.4, 0.5) is 4.39 Å². The number of fused-ring (bicyclic) bond motifs is 1. The first-order valence-electron chi connectivity index (χ1n) is 10.9. The minimum atomic E-state index is -0.275. The molecule has 4 rings (SSSR count). The highest BCUT2D eigenvalue weighted by Crippen LogP contribution is 2.24. The van der Waals surface area contributed by atoms with Gasteiger partial charge < -0.3 is 9.88 Å². The Hall–Kier alpha value is -2.96. The first-order valence-corrected chi connectivity index (χ1v) is 10.9. The van der Waals surface area contributed by atoms with Gasteiger partial charge in [0.2, 0.25) is 5.91 Å². The second-order valence-electron chi connectivity index (χ2n) is 8.72. The molecular weight excluding hydrogens is 395 g/mol. The van der Waals surface area contributed by atoms with Gasteiger partial charge >= 0.3 is 0 Å². The van der Waals surface area contributed by atoms with Gasteiger partial charge in [-0.05, 0) is 50.3 Å². The third-order valence-electron chi connectivity index (χ3n) is 6.61. The maximum absolute atomic E-state index is 13.2. The van der Waals surface area contributed by atoms with E-state index in [2.05, 4.69) is 17.3 Å². The maximum atomic E-state index is 13.2. The van der Waals surface area contributed by atoms with E-state index in [4.69, 9.17) is 0 Å². The highest BCUT2D eigenvalue weighted by molar-refractivity contribution is 5.87. The Kier molecular flexibility index (Phi) is 5.94. The summed E-state index contributed by atoms with van der Waals surface area (Å²) in [6, 6.07) is 6.52. The quantitative estimate of drug-likeness (QED) is 0.679. The minimum absolute atomic E-state index is 0.0837. The van der Waals surface area contributed by atoms with E-state index in [1.807, 2.05) is 18.4 Å². The molecule has 0 unspecified atom stereocenters. The molecular formula is C24H29FN4O2. The zero-order valence-electron chi connectivity index (χ0n) is 18.3. The SMILES string of the molecule is Cc1c2cnn(CC(=O)N[C@@H]3CCCC[C@@H]3C)c(=O)c2c(C)n1Cc1ccc(F)cc1. The lowest BCUT2D eigenvalue weighted by Gasteiger charge is -2.29. The highest BCUT2D eigenvalue weighted by atomic mass is 19.1. The lowest BCUT2D eigenvalue weighted by molar-refractivity contribution is -0.123. The summed E-state index contributed by atoms with van der Waals surface area (Å²) in [5, 5.41) is 8.72. The van der Waals surface area contributed by atoms with Crippen LogP contribution in [0.3, 0.4) is 0 Å². The van der Waals surface area contributed by atoms with Gasteiger partial charge in [0, 0.05) is 29.4 Å². The van der Waals surface area contributed by atoms with Crippen LogP contribution in [-0.2, 0) is 17.9 Å². The first-order chi connectivity index (χ1) is 14.8. The Balaban J connectivity index is 1.59. The predicted octanol–water partition coefficient (Wildman–Crippen LogP) is 3.70. The van der Waals surface area contributed by atoms with Crippen LogP contribution in [0.1, 0.15) is 49.6 Å². The molecule has 0 aliphatic heterocycles. The normalized spacial score (nSPS) is 19.0. The average Bonchev–Trinajstić information content (AvgIpc) is 2.98. The summed E-state index contributed by atoms with van der Waals surface area (Å²) in [4.78, 5) is 25.8. The molecule has 31 heavy (non-hydrogen) atoms. The van der Waals surface area contributed by atoms with Gasteiger partial charge in [-0.3, -0.25) is 9.59 Å². The molecule has 7 heteroatoms. The number of aromatic nitrogens is 3. The van der Waals surface area contributed by atoms with Crippen LogP contribution < -0.4 is 10.9 Å². The number of hydrogen-bond donors (Lipinski definition) is 1. The van der Waals surface area contributed by atoms with Crippen molar-refractivity contribution in [1.82, 2.24) is 19.7 Å². The number of rotatable bonds is 5. The molecule has 1 amide bonds. The molecule has 164 valence electrons. The Bertz CT molecular complexity index is 1160. The van der Waals surface area contributed by atoms with Gasteiger partial charge in [0.1, 0.15) is 12.4 Å². The second-order valence-corrected chi connectivity index (χ2v) is 8.72. The number of benzene rings is 1. The van der Waals surface area contributed by atoms with Crippen molar-refractivity contribution in [2.45, 2.75) is 65.6 Å². The van der Waals surface area contributed by atoms with Gasteiger partial charge in [-0.25, -0.2) is 9.07 Å². The molecule has 3 aromatic rings. The van der Waals surface area contributed by atoms with Gasteiger partial charge in [0.15, 0.2) is 0 Å². The van der Waals surface area contributed by atoms with Crippen molar-refractivity contribution >= 4 is 16.7 Å². The third-order valence-corrected chi connectivity index (χ3v) is 6.61. The summed E-state index contributed by atoms with van der Waals surface area (Å²) in [6.07, 6.45) is 6.10. The van der Waals surface area contributed by atoms with Crippen molar-refractivity contribution in [3.63, 3.8) is 0 Å². The van der Waals surface area contributed by atoms with Crippen LogP contribution in [0.25, 0.3) is 10.8 Å². The minimum Gasteiger partial charge on any atom is -0.351 e. The van der Waals surface area contributed by atoms with Gasteiger partial charge in [0.25, 0.3) is 5.56 Å². The molecule has 2 atom stereocenters. The lowest BCUT2D eigenvalue weighted by atomic mass is 9.86. The van der Waals surface area contributed by atoms with E-state index in [-0.39, 0.29) is 29.9 Å². The number of halogens is 1. The Morgan fingerprint density at radius 3 is 2.58 bits per heavy atom.